The van der Waals surface area contributed by atoms with Crippen LogP contribution < -0.4 is 21.3 Å². The fraction of sp³-hybridized carbons (Fsp3) is 0.759. The summed E-state index contributed by atoms with van der Waals surface area (Å²) in [6.07, 6.45) is 22.6. The molecule has 2 aromatic carbocycles. The van der Waals surface area contributed by atoms with E-state index in [2.05, 4.69) is 45.5 Å². The van der Waals surface area contributed by atoms with Crippen LogP contribution in [-0.2, 0) is 19.1 Å². The van der Waals surface area contributed by atoms with E-state index in [0.29, 0.717) is 72.2 Å². The highest BCUT2D eigenvalue weighted by molar-refractivity contribution is 6.36. The van der Waals surface area contributed by atoms with E-state index < -0.39 is 0 Å². The number of ether oxygens (including phenoxy) is 2. The molecule has 5 saturated carbocycles. The van der Waals surface area contributed by atoms with Gasteiger partial charge in [0, 0.05) is 104 Å². The number of carbonyl (C=O) groups excluding carboxylic acids is 2. The smallest absolute Gasteiger partial charge is 0.140 e. The van der Waals surface area contributed by atoms with Gasteiger partial charge in [0.15, 0.2) is 0 Å². The van der Waals surface area contributed by atoms with Gasteiger partial charge in [-0.1, -0.05) is 71.4 Å². The van der Waals surface area contributed by atoms with Gasteiger partial charge >= 0.3 is 0 Å². The van der Waals surface area contributed by atoms with E-state index >= 15 is 0 Å². The Bertz CT molecular complexity index is 2050. The molecule has 16 rings (SSSR count). The van der Waals surface area contributed by atoms with Gasteiger partial charge in [0.05, 0.1) is 24.4 Å². The van der Waals surface area contributed by atoms with Crippen LogP contribution in [0.4, 0.5) is 0 Å². The molecule has 14 aliphatic rings. The standard InChI is InChI=1S/C58H76Cl4N4O4/c59-39-9-3-10-40(60)53(39)55-47-21-17-43(63-47)51-29-5-1-7-31(25-29)69-33-13-15-35-37(27-33)57(67)36-16-14-34(28-38(36)58(35)68)70-32-8-2-6-30(26-32)52(45-19-23-49(55)65-45)46-20-24-50(66-46)56(48-22-18-44(51)64-48)54-41(61)11-4-12-42(54)62/h3-4,9-12,29-38,43-52,55-56,63-66H,1-2,5-8,13-28H2. The Labute approximate surface area is 436 Å². The largest absolute Gasteiger partial charge is 0.375 e. The fourth-order valence-electron chi connectivity index (χ4n) is 18.7. The molecule has 0 aromatic heterocycles. The van der Waals surface area contributed by atoms with Crippen molar-refractivity contribution in [3.8, 4) is 0 Å². The maximum absolute atomic E-state index is 14.5. The maximum atomic E-state index is 14.5. The number of benzene rings is 2. The highest BCUT2D eigenvalue weighted by atomic mass is 35.5. The average Bonchev–Trinajstić information content (AvgIpc) is 4.21. The summed E-state index contributed by atoms with van der Waals surface area (Å²) in [6.45, 7) is 0. The molecule has 18 atom stereocenters. The predicted molar refractivity (Wildman–Crippen MR) is 278 cm³/mol. The van der Waals surface area contributed by atoms with Gasteiger partial charge in [-0.2, -0.15) is 0 Å². The molecule has 5 aliphatic carbocycles. The molecule has 8 nitrogen and oxygen atoms in total. The molecule has 2 aromatic rings. The minimum Gasteiger partial charge on any atom is -0.375 e. The zero-order chi connectivity index (χ0) is 47.4. The van der Waals surface area contributed by atoms with Crippen molar-refractivity contribution in [3.63, 3.8) is 0 Å². The Morgan fingerprint density at radius 1 is 0.371 bits per heavy atom. The number of nitrogens with one attached hydrogen (secondary N) is 4. The van der Waals surface area contributed by atoms with Crippen molar-refractivity contribution in [1.29, 1.82) is 0 Å². The number of halogens is 4. The van der Waals surface area contributed by atoms with Crippen molar-refractivity contribution in [1.82, 2.24) is 21.3 Å². The Morgan fingerprint density at radius 3 is 1.06 bits per heavy atom. The average molecular weight is 1040 g/mol. The van der Waals surface area contributed by atoms with E-state index in [0.717, 1.165) is 147 Å². The van der Waals surface area contributed by atoms with Gasteiger partial charge in [-0.05, 0) is 187 Å². The molecule has 4 N–H and O–H groups in total. The number of hydrogen-bond acceptors (Lipinski definition) is 8. The van der Waals surface area contributed by atoms with Crippen LogP contribution in [0.15, 0.2) is 36.4 Å². The van der Waals surface area contributed by atoms with Crippen LogP contribution in [0.2, 0.25) is 20.1 Å². The van der Waals surface area contributed by atoms with Gasteiger partial charge in [-0.25, -0.2) is 0 Å². The topological polar surface area (TPSA) is 101 Å². The molecule has 0 amide bonds. The van der Waals surface area contributed by atoms with Crippen LogP contribution in [0.1, 0.15) is 164 Å². The summed E-state index contributed by atoms with van der Waals surface area (Å²) in [7, 11) is 0. The summed E-state index contributed by atoms with van der Waals surface area (Å²) in [6, 6.07) is 14.4. The van der Waals surface area contributed by atoms with Crippen molar-refractivity contribution >= 4 is 58.0 Å². The van der Waals surface area contributed by atoms with Gasteiger partial charge in [-0.3, -0.25) is 9.59 Å². The fourth-order valence-corrected chi connectivity index (χ4v) is 20.0. The van der Waals surface area contributed by atoms with Crippen LogP contribution in [0.25, 0.3) is 0 Å². The van der Waals surface area contributed by atoms with Gasteiger partial charge in [0.2, 0.25) is 0 Å². The van der Waals surface area contributed by atoms with Gasteiger partial charge in [-0.15, -0.1) is 0 Å². The molecule has 0 radical (unpaired) electrons. The van der Waals surface area contributed by atoms with Gasteiger partial charge < -0.3 is 30.7 Å². The Kier molecular flexibility index (Phi) is 13.8. The highest BCUT2D eigenvalue weighted by Gasteiger charge is 2.56. The van der Waals surface area contributed by atoms with Crippen molar-refractivity contribution in [2.75, 3.05) is 0 Å². The molecule has 70 heavy (non-hydrogen) atoms. The van der Waals surface area contributed by atoms with Gasteiger partial charge in [0.25, 0.3) is 0 Å². The first-order valence-electron chi connectivity index (χ1n) is 28.4. The predicted octanol–water partition coefficient (Wildman–Crippen LogP) is 11.8. The maximum Gasteiger partial charge on any atom is 0.140 e. The summed E-state index contributed by atoms with van der Waals surface area (Å²) in [5.41, 5.74) is 2.22. The summed E-state index contributed by atoms with van der Waals surface area (Å²) < 4.78 is 14.5. The first-order valence-corrected chi connectivity index (χ1v) is 29.9. The summed E-state index contributed by atoms with van der Waals surface area (Å²) in [4.78, 5) is 29.1. The van der Waals surface area contributed by atoms with Crippen LogP contribution in [0.5, 0.6) is 0 Å². The summed E-state index contributed by atoms with van der Waals surface area (Å²) in [5, 5.41) is 20.9. The molecule has 12 heteroatoms. The Balaban J connectivity index is 0.925. The van der Waals surface area contributed by atoms with Crippen molar-refractivity contribution < 1.29 is 19.1 Å². The number of rotatable bonds is 2. The minimum atomic E-state index is -0.191. The quantitative estimate of drug-likeness (QED) is 0.236. The third kappa shape index (κ3) is 8.82. The van der Waals surface area contributed by atoms with Crippen LogP contribution in [0.3, 0.4) is 0 Å². The lowest BCUT2D eigenvalue weighted by Gasteiger charge is -2.47. The molecule has 9 aliphatic heterocycles. The lowest BCUT2D eigenvalue weighted by Crippen LogP contribution is -2.55. The second-order valence-corrected chi connectivity index (χ2v) is 26.4. The monoisotopic (exact) mass is 1030 g/mol. The third-order valence-corrected chi connectivity index (χ3v) is 22.7. The highest BCUT2D eigenvalue weighted by Crippen LogP contribution is 2.53. The molecule has 0 spiro atoms. The first kappa shape index (κ1) is 48.3. The zero-order valence-corrected chi connectivity index (χ0v) is 43.9. The molecular weight excluding hydrogens is 958 g/mol. The number of carbonyl (C=O) groups is 2. The molecule has 20 bridgehead atoms. The molecular formula is C58H76Cl4N4O4. The minimum absolute atomic E-state index is 0.0270. The number of hydrogen-bond donors (Lipinski definition) is 4. The Morgan fingerprint density at radius 2 is 0.700 bits per heavy atom. The first-order chi connectivity index (χ1) is 34.1. The normalized spacial score (nSPS) is 47.0. The van der Waals surface area contributed by atoms with E-state index in [-0.39, 0.29) is 84.1 Å². The summed E-state index contributed by atoms with van der Waals surface area (Å²) in [5.74, 6) is 2.05. The molecule has 18 unspecified atom stereocenters. The molecule has 380 valence electrons. The molecule has 9 saturated heterocycles. The SMILES string of the molecule is O=C1C2CCC3CC2C(=O)C2CCC(CC12)OC1CCCC(C1)C1C2CCC(N2)C(c2c(Cl)cccc2Cl)C2CCC(N2)C(C2CCCC(C2)O3)C2CCC(N2)C(c2c(Cl)cccc2Cl)C2CCC1N2. The van der Waals surface area contributed by atoms with Gasteiger partial charge in [0.1, 0.15) is 11.6 Å². The zero-order valence-electron chi connectivity index (χ0n) is 40.9. The number of Topliss-reactive ketones (excluding diaryl/α,β-unsaturated/α-hetero) is 2. The second-order valence-electron chi connectivity index (χ2n) is 24.8. The lowest BCUT2D eigenvalue weighted by molar-refractivity contribution is -0.161. The Hall–Kier alpha value is -1.30. The van der Waals surface area contributed by atoms with Crippen molar-refractivity contribution in [2.24, 2.45) is 47.3 Å². The summed E-state index contributed by atoms with van der Waals surface area (Å²) >= 11 is 29.3. The molecule has 9 heterocycles. The van der Waals surface area contributed by atoms with E-state index in [9.17, 15) is 9.59 Å². The number of ketones is 2. The van der Waals surface area contributed by atoms with E-state index in [1.165, 1.54) is 12.8 Å². The van der Waals surface area contributed by atoms with E-state index in [1.54, 1.807) is 0 Å². The second kappa shape index (κ2) is 20.0. The van der Waals surface area contributed by atoms with E-state index in [1.807, 2.05) is 12.1 Å². The van der Waals surface area contributed by atoms with Crippen LogP contribution >= 0.6 is 46.4 Å². The lowest BCUT2D eigenvalue weighted by atomic mass is 9.57. The third-order valence-electron chi connectivity index (χ3n) is 21.4. The molecule has 14 fully saturated rings. The van der Waals surface area contributed by atoms with E-state index in [4.69, 9.17) is 55.9 Å². The van der Waals surface area contributed by atoms with Crippen LogP contribution in [0, 0.1) is 47.3 Å². The van der Waals surface area contributed by atoms with Crippen molar-refractivity contribution in [2.45, 2.75) is 226 Å². The van der Waals surface area contributed by atoms with Crippen LogP contribution in [-0.4, -0.2) is 84.3 Å². The van der Waals surface area contributed by atoms with Crippen molar-refractivity contribution in [3.05, 3.63) is 67.6 Å².